The molecule has 0 aliphatic heterocycles. The van der Waals surface area contributed by atoms with Crippen molar-refractivity contribution in [3.8, 4) is 0 Å². The third-order valence-corrected chi connectivity index (χ3v) is 5.41. The summed E-state index contributed by atoms with van der Waals surface area (Å²) in [5.74, 6) is -9.63. The Morgan fingerprint density at radius 2 is 1.50 bits per heavy atom. The molecule has 0 radical (unpaired) electrons. The van der Waals surface area contributed by atoms with Gasteiger partial charge in [-0.1, -0.05) is 48.0 Å². The highest BCUT2D eigenvalue weighted by Gasteiger charge is 2.42. The second kappa shape index (κ2) is 9.02. The van der Waals surface area contributed by atoms with Crippen LogP contribution >= 0.6 is 11.6 Å². The summed E-state index contributed by atoms with van der Waals surface area (Å²) in [6.45, 7) is 0.389. The highest BCUT2D eigenvalue weighted by atomic mass is 35.5. The van der Waals surface area contributed by atoms with Crippen molar-refractivity contribution < 1.29 is 30.7 Å². The number of alkyl halides is 3. The van der Waals surface area contributed by atoms with Gasteiger partial charge in [0.2, 0.25) is 0 Å². The molecule has 0 saturated heterocycles. The number of aromatic nitrogens is 1. The Balaban J connectivity index is 1.68. The zero-order chi connectivity index (χ0) is 24.6. The maximum atomic E-state index is 14.1. The topological polar surface area (TPSA) is 29.3 Å². The van der Waals surface area contributed by atoms with Crippen molar-refractivity contribution in [1.29, 1.82) is 0 Å². The average molecular weight is 500 g/mol. The first kappa shape index (κ1) is 23.6. The third-order valence-electron chi connectivity index (χ3n) is 5.04. The second-order valence-corrected chi connectivity index (χ2v) is 7.60. The fourth-order valence-corrected chi connectivity index (χ4v) is 3.66. The Morgan fingerprint density at radius 3 is 2.15 bits per heavy atom. The second-order valence-electron chi connectivity index (χ2n) is 7.19. The smallest absolute Gasteiger partial charge is 0.342 e. The number of rotatable bonds is 5. The van der Waals surface area contributed by atoms with E-state index < -0.39 is 40.7 Å². The Morgan fingerprint density at radius 1 is 0.882 bits per heavy atom. The molecule has 0 bridgehead atoms. The van der Waals surface area contributed by atoms with E-state index in [9.17, 15) is 30.7 Å². The zero-order valence-corrected chi connectivity index (χ0v) is 17.7. The van der Waals surface area contributed by atoms with Gasteiger partial charge in [0.1, 0.15) is 11.3 Å². The number of hydrazone groups is 1. The van der Waals surface area contributed by atoms with Crippen molar-refractivity contribution in [2.75, 3.05) is 5.43 Å². The number of hydrogen-bond donors (Lipinski definition) is 1. The van der Waals surface area contributed by atoms with Gasteiger partial charge in [-0.2, -0.15) is 18.3 Å². The van der Waals surface area contributed by atoms with Crippen LogP contribution in [0.15, 0.2) is 59.8 Å². The normalized spacial score (nSPS) is 12.1. The van der Waals surface area contributed by atoms with Crippen LogP contribution in [-0.4, -0.2) is 10.8 Å². The number of anilines is 1. The van der Waals surface area contributed by atoms with Gasteiger partial charge in [0, 0.05) is 34.2 Å². The summed E-state index contributed by atoms with van der Waals surface area (Å²) in [6.07, 6.45) is -2.83. The van der Waals surface area contributed by atoms with Gasteiger partial charge < -0.3 is 4.57 Å². The predicted molar refractivity (Wildman–Crippen MR) is 115 cm³/mol. The van der Waals surface area contributed by atoms with Crippen molar-refractivity contribution in [3.05, 3.63) is 99.7 Å². The minimum Gasteiger partial charge on any atom is -0.342 e. The van der Waals surface area contributed by atoms with E-state index in [1.54, 1.807) is 42.0 Å². The Hall–Kier alpha value is -3.53. The largest absolute Gasteiger partial charge is 0.422 e. The number of halogens is 8. The molecule has 0 aliphatic carbocycles. The lowest BCUT2D eigenvalue weighted by atomic mass is 10.1. The van der Waals surface area contributed by atoms with Crippen LogP contribution in [0.25, 0.3) is 10.9 Å². The summed E-state index contributed by atoms with van der Waals surface area (Å²) in [7, 11) is 0. The van der Waals surface area contributed by atoms with Crippen LogP contribution in [0.2, 0.25) is 5.02 Å². The number of para-hydroxylation sites is 1. The van der Waals surface area contributed by atoms with Crippen molar-refractivity contribution in [3.63, 3.8) is 0 Å². The predicted octanol–water partition coefficient (Wildman–Crippen LogP) is 7.36. The summed E-state index contributed by atoms with van der Waals surface area (Å²) in [5, 5.41) is 4.82. The van der Waals surface area contributed by atoms with Gasteiger partial charge in [-0.25, -0.2) is 17.6 Å². The minimum absolute atomic E-state index is 0.389. The highest BCUT2D eigenvalue weighted by Crippen LogP contribution is 2.38. The van der Waals surface area contributed by atoms with Crippen molar-refractivity contribution >= 4 is 34.4 Å². The van der Waals surface area contributed by atoms with Crippen LogP contribution in [0.3, 0.4) is 0 Å². The Bertz CT molecular complexity index is 1380. The molecule has 1 aromatic heterocycles. The first-order valence-corrected chi connectivity index (χ1v) is 10.0. The van der Waals surface area contributed by atoms with Gasteiger partial charge >= 0.3 is 6.18 Å². The molecule has 1 heterocycles. The molecule has 3 aromatic carbocycles. The molecular formula is C23H13ClF7N3. The van der Waals surface area contributed by atoms with E-state index in [0.29, 0.717) is 22.5 Å². The molecule has 4 rings (SSSR count). The van der Waals surface area contributed by atoms with Gasteiger partial charge in [-0.3, -0.25) is 5.43 Å². The van der Waals surface area contributed by atoms with Gasteiger partial charge in [0.15, 0.2) is 23.3 Å². The van der Waals surface area contributed by atoms with Crippen LogP contribution in [0.5, 0.6) is 0 Å². The molecule has 11 heteroatoms. The molecular weight excluding hydrogens is 487 g/mol. The number of nitrogens with one attached hydrogen (secondary N) is 1. The highest BCUT2D eigenvalue weighted by molar-refractivity contribution is 6.31. The van der Waals surface area contributed by atoms with Gasteiger partial charge in [0.05, 0.1) is 6.21 Å². The summed E-state index contributed by atoms with van der Waals surface area (Å²) >= 11 is 6.23. The SMILES string of the molecule is Fc1c(F)c(C(F)(F)F)c(F)c(F)c1N/N=C/c1cn(Cc2ccccc2Cl)c2ccccc12. The van der Waals surface area contributed by atoms with Crippen LogP contribution in [0.1, 0.15) is 16.7 Å². The number of benzene rings is 3. The van der Waals surface area contributed by atoms with Crippen molar-refractivity contribution in [2.45, 2.75) is 12.7 Å². The molecule has 0 unspecified atom stereocenters. The van der Waals surface area contributed by atoms with Gasteiger partial charge in [-0.05, 0) is 17.7 Å². The molecule has 34 heavy (non-hydrogen) atoms. The van der Waals surface area contributed by atoms with Crippen LogP contribution in [0.4, 0.5) is 36.4 Å². The number of nitrogens with zero attached hydrogens (tertiary/aromatic N) is 2. The number of fused-ring (bicyclic) bond motifs is 1. The molecule has 1 N–H and O–H groups in total. The van der Waals surface area contributed by atoms with Crippen LogP contribution < -0.4 is 5.43 Å². The van der Waals surface area contributed by atoms with Gasteiger partial charge in [-0.15, -0.1) is 0 Å². The van der Waals surface area contributed by atoms with Crippen molar-refractivity contribution in [2.24, 2.45) is 5.10 Å². The first-order valence-electron chi connectivity index (χ1n) is 9.63. The van der Waals surface area contributed by atoms with E-state index in [-0.39, 0.29) is 0 Å². The lowest BCUT2D eigenvalue weighted by Gasteiger charge is -2.13. The van der Waals surface area contributed by atoms with E-state index in [0.717, 1.165) is 17.3 Å². The molecule has 0 fully saturated rings. The summed E-state index contributed by atoms with van der Waals surface area (Å²) in [4.78, 5) is 0. The molecule has 3 nitrogen and oxygen atoms in total. The van der Waals surface area contributed by atoms with Crippen LogP contribution in [0, 0.1) is 23.3 Å². The van der Waals surface area contributed by atoms with Crippen molar-refractivity contribution in [1.82, 2.24) is 4.57 Å². The van der Waals surface area contributed by atoms with E-state index in [1.165, 1.54) is 0 Å². The molecule has 0 aliphatic rings. The standard InChI is InChI=1S/C23H13ClF7N3/c24-15-7-3-1-5-12(15)10-34-11-13(14-6-2-4-8-16(14)34)9-32-33-22-20(27)18(25)17(23(29,30)31)19(26)21(22)28/h1-9,11,33H,10H2/b32-9+. The summed E-state index contributed by atoms with van der Waals surface area (Å²) in [5.41, 5.74) is -0.317. The minimum atomic E-state index is -5.62. The maximum absolute atomic E-state index is 14.1. The molecule has 0 atom stereocenters. The van der Waals surface area contributed by atoms with E-state index in [4.69, 9.17) is 11.6 Å². The fourth-order valence-electron chi connectivity index (χ4n) is 3.46. The lowest BCUT2D eigenvalue weighted by Crippen LogP contribution is -2.16. The zero-order valence-electron chi connectivity index (χ0n) is 16.9. The summed E-state index contributed by atoms with van der Waals surface area (Å²) in [6, 6.07) is 14.3. The quantitative estimate of drug-likeness (QED) is 0.132. The molecule has 4 aromatic rings. The fraction of sp³-hybridized carbons (Fsp3) is 0.0870. The first-order chi connectivity index (χ1) is 16.1. The monoisotopic (exact) mass is 499 g/mol. The maximum Gasteiger partial charge on any atom is 0.422 e. The number of hydrogen-bond acceptors (Lipinski definition) is 2. The molecule has 0 saturated carbocycles. The van der Waals surface area contributed by atoms with E-state index in [2.05, 4.69) is 5.10 Å². The van der Waals surface area contributed by atoms with E-state index >= 15 is 0 Å². The third kappa shape index (κ3) is 4.33. The Kier molecular flexibility index (Phi) is 6.26. The summed E-state index contributed by atoms with van der Waals surface area (Å²) < 4.78 is 95.8. The molecule has 176 valence electrons. The van der Waals surface area contributed by atoms with Gasteiger partial charge in [0.25, 0.3) is 0 Å². The van der Waals surface area contributed by atoms with E-state index in [1.807, 2.05) is 22.8 Å². The molecule has 0 spiro atoms. The molecule has 0 amide bonds. The average Bonchev–Trinajstić information content (AvgIpc) is 3.13. The Labute approximate surface area is 193 Å². The van der Waals surface area contributed by atoms with Crippen LogP contribution in [-0.2, 0) is 12.7 Å². The lowest BCUT2D eigenvalue weighted by molar-refractivity contribution is -0.143.